The molecule has 1 aromatic heterocycles. The molecule has 21 heavy (non-hydrogen) atoms. The molecule has 1 aliphatic carbocycles. The average Bonchev–Trinajstić information content (AvgIpc) is 2.47. The number of carbonyl (C=O) groups is 1. The molecule has 1 aliphatic rings. The Bertz CT molecular complexity index is 773. The zero-order chi connectivity index (χ0) is 15.5. The van der Waals surface area contributed by atoms with Gasteiger partial charge in [-0.15, -0.1) is 0 Å². The van der Waals surface area contributed by atoms with Crippen LogP contribution < -0.4 is 0 Å². The molecule has 1 aromatic carbocycles. The summed E-state index contributed by atoms with van der Waals surface area (Å²) in [5.41, 5.74) is -0.517. The average molecular weight is 293 g/mol. The van der Waals surface area contributed by atoms with Gasteiger partial charge in [0.15, 0.2) is 11.5 Å². The van der Waals surface area contributed by atoms with Gasteiger partial charge in [0.05, 0.1) is 0 Å². The predicted molar refractivity (Wildman–Crippen MR) is 68.0 cm³/mol. The zero-order valence-corrected chi connectivity index (χ0v) is 10.4. The van der Waals surface area contributed by atoms with E-state index >= 15 is 0 Å². The highest BCUT2D eigenvalue weighted by molar-refractivity contribution is 6.03. The molecule has 0 fully saturated rings. The molecule has 1 heterocycles. The monoisotopic (exact) mass is 293 g/mol. The molecule has 3 unspecified atom stereocenters. The van der Waals surface area contributed by atoms with Crippen molar-refractivity contribution in [2.24, 2.45) is 0 Å². The molecule has 2 aromatic rings. The van der Waals surface area contributed by atoms with Crippen LogP contribution in [0.4, 0.5) is 0 Å². The van der Waals surface area contributed by atoms with Gasteiger partial charge in [-0.25, -0.2) is 4.98 Å². The van der Waals surface area contributed by atoms with Crippen molar-refractivity contribution in [1.82, 2.24) is 4.98 Å². The van der Waals surface area contributed by atoms with Gasteiger partial charge in [0.25, 0.3) is 0 Å². The Kier molecular flexibility index (Phi) is 2.77. The topological polar surface area (TPSA) is 151 Å². The summed E-state index contributed by atoms with van der Waals surface area (Å²) < 4.78 is 0. The van der Waals surface area contributed by atoms with Crippen molar-refractivity contribution in [2.75, 3.05) is 0 Å². The molecule has 8 heteroatoms. The fourth-order valence-electron chi connectivity index (χ4n) is 2.37. The number of aromatic nitrogens is 1. The van der Waals surface area contributed by atoms with Crippen LogP contribution in [0, 0.1) is 0 Å². The molecule has 6 N–H and O–H groups in total. The highest BCUT2D eigenvalue weighted by atomic mass is 16.4. The summed E-state index contributed by atoms with van der Waals surface area (Å²) in [6.45, 7) is 0. The van der Waals surface area contributed by atoms with Crippen molar-refractivity contribution in [3.63, 3.8) is 0 Å². The molecule has 0 aliphatic heterocycles. The smallest absolute Gasteiger partial charge is 0.212 e. The molecule has 0 spiro atoms. The maximum absolute atomic E-state index is 11.9. The Morgan fingerprint density at radius 3 is 2.29 bits per heavy atom. The first-order valence-corrected chi connectivity index (χ1v) is 6.00. The van der Waals surface area contributed by atoms with E-state index in [9.17, 15) is 35.4 Å². The lowest BCUT2D eigenvalue weighted by atomic mass is 9.87. The minimum Gasteiger partial charge on any atom is -0.504 e. The van der Waals surface area contributed by atoms with Gasteiger partial charge in [-0.2, -0.15) is 0 Å². The van der Waals surface area contributed by atoms with E-state index < -0.39 is 41.3 Å². The molecule has 0 saturated heterocycles. The number of phenols is 3. The maximum Gasteiger partial charge on any atom is 0.212 e. The fraction of sp³-hybridized carbons (Fsp3) is 0.231. The van der Waals surface area contributed by atoms with E-state index in [1.54, 1.807) is 0 Å². The largest absolute Gasteiger partial charge is 0.504 e. The van der Waals surface area contributed by atoms with Gasteiger partial charge in [-0.05, 0) is 12.1 Å². The van der Waals surface area contributed by atoms with Gasteiger partial charge < -0.3 is 30.6 Å². The number of rotatable bonds is 0. The third-order valence-corrected chi connectivity index (χ3v) is 3.53. The van der Waals surface area contributed by atoms with Gasteiger partial charge >= 0.3 is 0 Å². The fourth-order valence-corrected chi connectivity index (χ4v) is 2.37. The summed E-state index contributed by atoms with van der Waals surface area (Å²) in [7, 11) is 0. The number of aromatic hydroxyl groups is 3. The molecule has 0 bridgehead atoms. The number of carbonyl (C=O) groups excluding carboxylic acids is 1. The summed E-state index contributed by atoms with van der Waals surface area (Å²) in [6.07, 6.45) is -5.06. The van der Waals surface area contributed by atoms with E-state index in [0.717, 1.165) is 6.07 Å². The van der Waals surface area contributed by atoms with Gasteiger partial charge in [0.1, 0.15) is 29.5 Å². The lowest BCUT2D eigenvalue weighted by molar-refractivity contribution is -0.0546. The van der Waals surface area contributed by atoms with Gasteiger partial charge in [0.2, 0.25) is 11.5 Å². The Balaban J connectivity index is 2.36. The summed E-state index contributed by atoms with van der Waals surface area (Å²) in [5.74, 6) is -3.02. The molecule has 0 radical (unpaired) electrons. The molecule has 0 saturated carbocycles. The van der Waals surface area contributed by atoms with E-state index in [4.69, 9.17) is 0 Å². The van der Waals surface area contributed by atoms with Crippen LogP contribution in [0.15, 0.2) is 12.1 Å². The first kappa shape index (κ1) is 13.6. The number of ketones is 1. The first-order valence-electron chi connectivity index (χ1n) is 6.00. The van der Waals surface area contributed by atoms with Crippen molar-refractivity contribution in [3.8, 4) is 17.2 Å². The van der Waals surface area contributed by atoms with Crippen LogP contribution in [0.1, 0.15) is 22.2 Å². The van der Waals surface area contributed by atoms with Crippen molar-refractivity contribution in [2.45, 2.75) is 18.3 Å². The molecule has 3 rings (SSSR count). The van der Waals surface area contributed by atoms with Crippen LogP contribution in [0.5, 0.6) is 17.2 Å². The van der Waals surface area contributed by atoms with Crippen LogP contribution in [-0.2, 0) is 0 Å². The lowest BCUT2D eigenvalue weighted by Crippen LogP contribution is -2.43. The molecule has 8 nitrogen and oxygen atoms in total. The second-order valence-electron chi connectivity index (χ2n) is 4.84. The second kappa shape index (κ2) is 4.29. The molecule has 110 valence electrons. The normalized spacial score (nSPS) is 25.1. The van der Waals surface area contributed by atoms with Crippen molar-refractivity contribution < 1.29 is 35.4 Å². The van der Waals surface area contributed by atoms with Gasteiger partial charge in [-0.1, -0.05) is 0 Å². The third-order valence-electron chi connectivity index (χ3n) is 3.53. The van der Waals surface area contributed by atoms with Crippen molar-refractivity contribution >= 4 is 16.7 Å². The quantitative estimate of drug-likeness (QED) is 0.349. The Morgan fingerprint density at radius 1 is 0.952 bits per heavy atom. The number of fused-ring (bicyclic) bond motifs is 2. The summed E-state index contributed by atoms with van der Waals surface area (Å²) >= 11 is 0. The highest BCUT2D eigenvalue weighted by Crippen LogP contribution is 2.42. The van der Waals surface area contributed by atoms with Crippen LogP contribution in [0.3, 0.4) is 0 Å². The lowest BCUT2D eigenvalue weighted by Gasteiger charge is -2.29. The highest BCUT2D eigenvalue weighted by Gasteiger charge is 2.41. The minimum absolute atomic E-state index is 0.0326. The number of hydrogen-bond acceptors (Lipinski definition) is 8. The van der Waals surface area contributed by atoms with Gasteiger partial charge in [-0.3, -0.25) is 4.79 Å². The van der Waals surface area contributed by atoms with E-state index in [1.165, 1.54) is 6.07 Å². The third kappa shape index (κ3) is 1.74. The Hall–Kier alpha value is -2.42. The standard InChI is InChI=1S/C13H11NO7/c15-5-2-3-1-4-7(14-6(3)10(18)9(5)17)11(19)13(21)12(20)8(4)16/h1-2,8,12-13,15-18,20-21H. The number of aliphatic hydroxyl groups is 3. The van der Waals surface area contributed by atoms with Gasteiger partial charge in [0, 0.05) is 10.9 Å². The van der Waals surface area contributed by atoms with E-state index in [0.29, 0.717) is 0 Å². The van der Waals surface area contributed by atoms with Crippen LogP contribution in [0.25, 0.3) is 10.9 Å². The maximum atomic E-state index is 11.9. The Morgan fingerprint density at radius 2 is 1.62 bits per heavy atom. The molecular weight excluding hydrogens is 282 g/mol. The number of aliphatic hydroxyl groups excluding tert-OH is 3. The van der Waals surface area contributed by atoms with E-state index in [1.807, 2.05) is 0 Å². The van der Waals surface area contributed by atoms with Crippen molar-refractivity contribution in [3.05, 3.63) is 23.4 Å². The predicted octanol–water partition coefficient (Wildman–Crippen LogP) is -0.697. The summed E-state index contributed by atoms with van der Waals surface area (Å²) in [4.78, 5) is 15.7. The number of hydrogen-bond donors (Lipinski definition) is 6. The number of nitrogens with zero attached hydrogens (tertiary/aromatic N) is 1. The first-order chi connectivity index (χ1) is 9.82. The number of benzene rings is 1. The van der Waals surface area contributed by atoms with Crippen LogP contribution in [0.2, 0.25) is 0 Å². The van der Waals surface area contributed by atoms with E-state index in [-0.39, 0.29) is 22.2 Å². The zero-order valence-electron chi connectivity index (χ0n) is 10.4. The molecule has 0 amide bonds. The van der Waals surface area contributed by atoms with Crippen LogP contribution >= 0.6 is 0 Å². The minimum atomic E-state index is -1.83. The number of Topliss-reactive ketones (excluding diaryl/α,β-unsaturated/α-hetero) is 1. The number of phenolic OH excluding ortho intramolecular Hbond substituents is 3. The van der Waals surface area contributed by atoms with Crippen molar-refractivity contribution in [1.29, 1.82) is 0 Å². The summed E-state index contributed by atoms with van der Waals surface area (Å²) in [6, 6.07) is 2.33. The second-order valence-corrected chi connectivity index (χ2v) is 4.84. The number of pyridine rings is 1. The SMILES string of the molecule is O=C1c2nc3c(O)c(O)c(O)cc3cc2C(O)C(O)C1O. The molecular formula is C13H11NO7. The Labute approximate surface area is 117 Å². The van der Waals surface area contributed by atoms with Crippen LogP contribution in [-0.4, -0.2) is 53.6 Å². The molecule has 3 atom stereocenters. The van der Waals surface area contributed by atoms with E-state index in [2.05, 4.69) is 4.98 Å². The summed E-state index contributed by atoms with van der Waals surface area (Å²) in [5, 5.41) is 57.9.